The molecule has 0 bridgehead atoms. The number of hydrogen-bond donors (Lipinski definition) is 0. The summed E-state index contributed by atoms with van der Waals surface area (Å²) in [7, 11) is 0. The maximum atomic E-state index is 11.8. The first kappa shape index (κ1) is 20.5. The van der Waals surface area contributed by atoms with Gasteiger partial charge in [-0.3, -0.25) is 10.1 Å². The maximum absolute atomic E-state index is 11.8. The molecule has 0 fully saturated rings. The van der Waals surface area contributed by atoms with Gasteiger partial charge in [0.2, 0.25) is 11.6 Å². The van der Waals surface area contributed by atoms with Crippen molar-refractivity contribution in [2.24, 2.45) is 0 Å². The van der Waals surface area contributed by atoms with Crippen LogP contribution < -0.4 is 4.74 Å². The predicted molar refractivity (Wildman–Crippen MR) is 112 cm³/mol. The van der Waals surface area contributed by atoms with Crippen LogP contribution in [0.3, 0.4) is 0 Å². The molecular weight excluding hydrogens is 414 g/mol. The maximum Gasteiger partial charge on any atom is 0.514 e. The highest BCUT2D eigenvalue weighted by atomic mass is 16.7. The molecule has 0 saturated carbocycles. The zero-order valence-corrected chi connectivity index (χ0v) is 16.5. The Morgan fingerprint density at radius 1 is 0.781 bits per heavy atom. The normalized spacial score (nSPS) is 10.4. The first-order chi connectivity index (χ1) is 15.6. The zero-order chi connectivity index (χ0) is 22.3. The van der Waals surface area contributed by atoms with E-state index < -0.39 is 11.1 Å². The summed E-state index contributed by atoms with van der Waals surface area (Å²) >= 11 is 0. The Labute approximate surface area is 181 Å². The van der Waals surface area contributed by atoms with Crippen LogP contribution in [0.5, 0.6) is 5.75 Å². The molecule has 0 aliphatic rings. The molecule has 1 heterocycles. The van der Waals surface area contributed by atoms with Crippen LogP contribution in [0.15, 0.2) is 78.9 Å². The number of non-ortho nitro benzene ring substituents is 1. The minimum Gasteiger partial charge on any atom is -0.429 e. The third kappa shape index (κ3) is 5.05. The van der Waals surface area contributed by atoms with Crippen LogP contribution in [0.4, 0.5) is 10.5 Å². The third-order valence-electron chi connectivity index (χ3n) is 4.33. The molecule has 4 aromatic rings. The monoisotopic (exact) mass is 429 g/mol. The molecule has 1 aromatic heterocycles. The van der Waals surface area contributed by atoms with Crippen molar-refractivity contribution in [2.45, 2.75) is 6.61 Å². The van der Waals surface area contributed by atoms with Crippen molar-refractivity contribution in [3.63, 3.8) is 0 Å². The van der Waals surface area contributed by atoms with E-state index >= 15 is 0 Å². The van der Waals surface area contributed by atoms with Gasteiger partial charge in [-0.1, -0.05) is 54.6 Å². The smallest absolute Gasteiger partial charge is 0.429 e. The first-order valence-corrected chi connectivity index (χ1v) is 9.40. The van der Waals surface area contributed by atoms with Crippen molar-refractivity contribution < 1.29 is 19.2 Å². The van der Waals surface area contributed by atoms with Crippen LogP contribution in [-0.2, 0) is 11.3 Å². The van der Waals surface area contributed by atoms with E-state index in [2.05, 4.69) is 20.4 Å². The summed E-state index contributed by atoms with van der Waals surface area (Å²) in [6.45, 7) is -0.0175. The van der Waals surface area contributed by atoms with Gasteiger partial charge in [-0.15, -0.1) is 20.4 Å². The molecule has 4 rings (SSSR count). The molecule has 0 radical (unpaired) electrons. The number of ether oxygens (including phenoxy) is 2. The summed E-state index contributed by atoms with van der Waals surface area (Å²) < 4.78 is 10.1. The van der Waals surface area contributed by atoms with Gasteiger partial charge in [0.15, 0.2) is 0 Å². The Bertz CT molecular complexity index is 1210. The van der Waals surface area contributed by atoms with Gasteiger partial charge < -0.3 is 9.47 Å². The molecule has 0 saturated heterocycles. The summed E-state index contributed by atoms with van der Waals surface area (Å²) in [4.78, 5) is 21.9. The quantitative estimate of drug-likeness (QED) is 0.191. The van der Waals surface area contributed by atoms with Gasteiger partial charge in [0.1, 0.15) is 12.4 Å². The summed E-state index contributed by atoms with van der Waals surface area (Å²) in [5.41, 5.74) is 2.15. The van der Waals surface area contributed by atoms with Crippen molar-refractivity contribution in [1.82, 2.24) is 20.4 Å². The summed E-state index contributed by atoms with van der Waals surface area (Å²) in [6.07, 6.45) is -0.920. The highest BCUT2D eigenvalue weighted by Gasteiger charge is 2.10. The van der Waals surface area contributed by atoms with Crippen molar-refractivity contribution in [3.05, 3.63) is 94.5 Å². The van der Waals surface area contributed by atoms with Crippen molar-refractivity contribution in [3.8, 4) is 28.5 Å². The Balaban J connectivity index is 1.32. The Kier molecular flexibility index (Phi) is 6.03. The molecule has 0 aliphatic heterocycles. The average Bonchev–Trinajstić information content (AvgIpc) is 2.84. The predicted octanol–water partition coefficient (Wildman–Crippen LogP) is 4.22. The van der Waals surface area contributed by atoms with Crippen molar-refractivity contribution >= 4 is 11.8 Å². The standard InChI is InChI=1S/C22H15N5O5/c28-22(32-19-12-10-18(11-13-19)27(29)30)31-14-15-6-8-17(9-7-15)21-25-23-20(24-26-21)16-4-2-1-3-5-16/h1-13H,14H2. The molecule has 3 aromatic carbocycles. The number of rotatable bonds is 6. The second-order valence-electron chi connectivity index (χ2n) is 6.50. The van der Waals surface area contributed by atoms with Gasteiger partial charge in [-0.2, -0.15) is 0 Å². The van der Waals surface area contributed by atoms with Gasteiger partial charge in [-0.05, 0) is 17.7 Å². The second kappa shape index (κ2) is 9.39. The minimum atomic E-state index is -0.920. The van der Waals surface area contributed by atoms with E-state index in [0.717, 1.165) is 11.1 Å². The molecule has 0 atom stereocenters. The number of nitro benzene ring substituents is 1. The molecule has 158 valence electrons. The number of carbonyl (C=O) groups excluding carboxylic acids is 1. The van der Waals surface area contributed by atoms with Gasteiger partial charge in [0.05, 0.1) is 4.92 Å². The Morgan fingerprint density at radius 3 is 1.91 bits per heavy atom. The number of nitro groups is 1. The molecule has 32 heavy (non-hydrogen) atoms. The average molecular weight is 429 g/mol. The molecule has 0 amide bonds. The number of benzene rings is 3. The number of nitrogens with zero attached hydrogens (tertiary/aromatic N) is 5. The highest BCUT2D eigenvalue weighted by molar-refractivity contribution is 5.64. The van der Waals surface area contributed by atoms with Crippen LogP contribution in [0.1, 0.15) is 5.56 Å². The lowest BCUT2D eigenvalue weighted by Gasteiger charge is -2.06. The van der Waals surface area contributed by atoms with Crippen molar-refractivity contribution in [1.29, 1.82) is 0 Å². The van der Waals surface area contributed by atoms with Gasteiger partial charge in [-0.25, -0.2) is 4.79 Å². The van der Waals surface area contributed by atoms with Crippen LogP contribution in [0, 0.1) is 10.1 Å². The van der Waals surface area contributed by atoms with Crippen molar-refractivity contribution in [2.75, 3.05) is 0 Å². The van der Waals surface area contributed by atoms with Gasteiger partial charge >= 0.3 is 6.16 Å². The van der Waals surface area contributed by atoms with Gasteiger partial charge in [0.25, 0.3) is 5.69 Å². The lowest BCUT2D eigenvalue weighted by Crippen LogP contribution is -2.10. The Hall–Kier alpha value is -4.73. The molecule has 0 unspecified atom stereocenters. The zero-order valence-electron chi connectivity index (χ0n) is 16.5. The highest BCUT2D eigenvalue weighted by Crippen LogP contribution is 2.19. The molecule has 0 aliphatic carbocycles. The van der Waals surface area contributed by atoms with Crippen LogP contribution in [0.25, 0.3) is 22.8 Å². The topological polar surface area (TPSA) is 130 Å². The molecule has 0 spiro atoms. The Morgan fingerprint density at radius 2 is 1.34 bits per heavy atom. The number of carbonyl (C=O) groups is 1. The van der Waals surface area contributed by atoms with Crippen LogP contribution >= 0.6 is 0 Å². The van der Waals surface area contributed by atoms with E-state index in [4.69, 9.17) is 9.47 Å². The van der Waals surface area contributed by atoms with E-state index in [1.165, 1.54) is 24.3 Å². The molecule has 10 heteroatoms. The summed E-state index contributed by atoms with van der Waals surface area (Å²) in [6, 6.07) is 21.6. The summed E-state index contributed by atoms with van der Waals surface area (Å²) in [5.74, 6) is 0.952. The van der Waals surface area contributed by atoms with E-state index in [-0.39, 0.29) is 18.0 Å². The molecule has 0 N–H and O–H groups in total. The third-order valence-corrected chi connectivity index (χ3v) is 4.33. The van der Waals surface area contributed by atoms with E-state index in [1.807, 2.05) is 30.3 Å². The minimum absolute atomic E-state index is 0.0175. The lowest BCUT2D eigenvalue weighted by atomic mass is 10.1. The SMILES string of the molecule is O=C(OCc1ccc(-c2nnc(-c3ccccc3)nn2)cc1)Oc1ccc([N+](=O)[O-])cc1. The number of hydrogen-bond acceptors (Lipinski definition) is 9. The van der Waals surface area contributed by atoms with E-state index in [1.54, 1.807) is 24.3 Å². The second-order valence-corrected chi connectivity index (χ2v) is 6.50. The van der Waals surface area contributed by atoms with Crippen LogP contribution in [0.2, 0.25) is 0 Å². The number of aromatic nitrogens is 4. The van der Waals surface area contributed by atoms with E-state index in [0.29, 0.717) is 17.2 Å². The fourth-order valence-corrected chi connectivity index (χ4v) is 2.70. The van der Waals surface area contributed by atoms with E-state index in [9.17, 15) is 14.9 Å². The van der Waals surface area contributed by atoms with Gasteiger partial charge in [0, 0.05) is 23.3 Å². The largest absolute Gasteiger partial charge is 0.514 e. The summed E-state index contributed by atoms with van der Waals surface area (Å²) in [5, 5.41) is 27.1. The molecule has 10 nitrogen and oxygen atoms in total. The first-order valence-electron chi connectivity index (χ1n) is 9.40. The fourth-order valence-electron chi connectivity index (χ4n) is 2.70. The fraction of sp³-hybridized carbons (Fsp3) is 0.0455. The molecular formula is C22H15N5O5. The lowest BCUT2D eigenvalue weighted by molar-refractivity contribution is -0.384. The van der Waals surface area contributed by atoms with Crippen LogP contribution in [-0.4, -0.2) is 31.5 Å².